The zero-order valence-electron chi connectivity index (χ0n) is 33.2. The van der Waals surface area contributed by atoms with Crippen LogP contribution in [0.5, 0.6) is 0 Å². The molecule has 0 unspecified atom stereocenters. The van der Waals surface area contributed by atoms with Gasteiger partial charge >= 0.3 is 0 Å². The first kappa shape index (κ1) is 35.4. The summed E-state index contributed by atoms with van der Waals surface area (Å²) in [6.07, 6.45) is 8.89. The molecule has 0 saturated carbocycles. The van der Waals surface area contributed by atoms with Crippen LogP contribution in [0.2, 0.25) is 0 Å². The smallest absolute Gasteiger partial charge is 0.164 e. The maximum Gasteiger partial charge on any atom is 0.164 e. The van der Waals surface area contributed by atoms with E-state index in [1.54, 1.807) is 0 Å². The van der Waals surface area contributed by atoms with Crippen LogP contribution in [-0.4, -0.2) is 34.9 Å². The summed E-state index contributed by atoms with van der Waals surface area (Å²) in [6, 6.07) is 59.5. The van der Waals surface area contributed by atoms with Crippen molar-refractivity contribution in [3.8, 4) is 67.5 Å². The summed E-state index contributed by atoms with van der Waals surface area (Å²) in [5.74, 6) is 1.72. The minimum Gasteiger partial charge on any atom is -0.256 e. The Morgan fingerprint density at radius 1 is 0.290 bits per heavy atom. The molecule has 4 heterocycles. The Morgan fingerprint density at radius 2 is 0.758 bits per heavy atom. The maximum absolute atomic E-state index is 5.33. The molecule has 0 aliphatic heterocycles. The molecule has 7 nitrogen and oxygen atoms in total. The van der Waals surface area contributed by atoms with Gasteiger partial charge in [-0.05, 0) is 109 Å². The Bertz CT molecular complexity index is 3450. The number of hydrogen-bond acceptors (Lipinski definition) is 7. The van der Waals surface area contributed by atoms with Crippen molar-refractivity contribution in [1.29, 1.82) is 0 Å². The van der Waals surface area contributed by atoms with Gasteiger partial charge < -0.3 is 0 Å². The van der Waals surface area contributed by atoms with Gasteiger partial charge in [-0.2, -0.15) is 0 Å². The van der Waals surface area contributed by atoms with Crippen molar-refractivity contribution in [2.75, 3.05) is 0 Å². The van der Waals surface area contributed by atoms with Gasteiger partial charge in [-0.1, -0.05) is 121 Å². The second kappa shape index (κ2) is 14.6. The lowest BCUT2D eigenvalue weighted by molar-refractivity contribution is 1.07. The highest BCUT2D eigenvalue weighted by Gasteiger charge is 2.20. The zero-order valence-corrected chi connectivity index (χ0v) is 33.2. The predicted molar refractivity (Wildman–Crippen MR) is 251 cm³/mol. The summed E-state index contributed by atoms with van der Waals surface area (Å²) in [5, 5.41) is 8.90. The van der Waals surface area contributed by atoms with Crippen molar-refractivity contribution < 1.29 is 0 Å². The first-order valence-corrected chi connectivity index (χ1v) is 20.5. The minimum absolute atomic E-state index is 0.562. The van der Waals surface area contributed by atoms with E-state index in [2.05, 4.69) is 168 Å². The maximum atomic E-state index is 5.33. The molecular weight excluding hydrogens is 759 g/mol. The zero-order chi connectivity index (χ0) is 41.0. The highest BCUT2D eigenvalue weighted by Crippen LogP contribution is 2.43. The van der Waals surface area contributed by atoms with E-state index in [-0.39, 0.29) is 0 Å². The largest absolute Gasteiger partial charge is 0.256 e. The van der Waals surface area contributed by atoms with Crippen LogP contribution in [-0.2, 0) is 0 Å². The third kappa shape index (κ3) is 6.19. The number of benzene rings is 8. The second-order valence-corrected chi connectivity index (χ2v) is 15.5. The van der Waals surface area contributed by atoms with Gasteiger partial charge in [0.05, 0.1) is 11.0 Å². The molecule has 0 aliphatic carbocycles. The fraction of sp³-hybridized carbons (Fsp3) is 0. The monoisotopic (exact) mass is 791 g/mol. The fourth-order valence-corrected chi connectivity index (χ4v) is 8.79. The molecule has 7 heteroatoms. The number of rotatable bonds is 6. The molecule has 62 heavy (non-hydrogen) atoms. The third-order valence-corrected chi connectivity index (χ3v) is 11.7. The fourth-order valence-electron chi connectivity index (χ4n) is 8.79. The number of hydrogen-bond donors (Lipinski definition) is 0. The Kier molecular flexibility index (Phi) is 8.35. The van der Waals surface area contributed by atoms with Gasteiger partial charge in [0.2, 0.25) is 0 Å². The summed E-state index contributed by atoms with van der Waals surface area (Å²) in [6.45, 7) is 0. The summed E-state index contributed by atoms with van der Waals surface area (Å²) in [5.41, 5.74) is 10.7. The molecule has 0 N–H and O–H groups in total. The number of pyridine rings is 2. The van der Waals surface area contributed by atoms with Crippen LogP contribution in [0.25, 0.3) is 122 Å². The molecular formula is C55H33N7. The molecule has 0 radical (unpaired) electrons. The van der Waals surface area contributed by atoms with E-state index >= 15 is 0 Å². The molecule has 4 aromatic heterocycles. The third-order valence-electron chi connectivity index (χ3n) is 11.7. The summed E-state index contributed by atoms with van der Waals surface area (Å²) < 4.78 is 0. The van der Waals surface area contributed by atoms with Crippen molar-refractivity contribution in [2.24, 2.45) is 0 Å². The standard InChI is InChI=1S/C55H33N7/c1-2-10-37-25-40(22-19-34(37)9-1)54-60-53(36-20-17-35(18-21-36)44-31-56-33-57-32-44)61-55(62-54)43-27-41(51-45-13-5-3-11-38(45)29-49-47(51)15-7-23-58-49)26-42(28-43)52-46-14-6-4-12-39(46)30-50-48(52)16-8-24-59-50/h1-33H. The lowest BCUT2D eigenvalue weighted by Gasteiger charge is -2.17. The lowest BCUT2D eigenvalue weighted by atomic mass is 9.88. The molecule has 12 aromatic rings. The molecule has 0 fully saturated rings. The van der Waals surface area contributed by atoms with Crippen molar-refractivity contribution in [1.82, 2.24) is 34.9 Å². The first-order chi connectivity index (χ1) is 30.7. The molecule has 0 atom stereocenters. The Hall–Kier alpha value is -8.55. The first-order valence-electron chi connectivity index (χ1n) is 20.5. The van der Waals surface area contributed by atoms with Crippen LogP contribution in [0.1, 0.15) is 0 Å². The van der Waals surface area contributed by atoms with Gasteiger partial charge in [-0.25, -0.2) is 24.9 Å². The molecule has 0 amide bonds. The second-order valence-electron chi connectivity index (χ2n) is 15.5. The van der Waals surface area contributed by atoms with E-state index in [1.165, 1.54) is 6.33 Å². The van der Waals surface area contributed by atoms with E-state index < -0.39 is 0 Å². The SMILES string of the molecule is c1ccc2cc(-c3nc(-c4ccc(-c5cncnc5)cc4)nc(-c4cc(-c5c6ccccc6cc6ncccc56)cc(-c5c6ccccc6cc6ncccc56)c4)n3)ccc2c1. The molecule has 12 rings (SSSR count). The predicted octanol–water partition coefficient (Wildman–Crippen LogP) is 13.2. The highest BCUT2D eigenvalue weighted by atomic mass is 15.0. The van der Waals surface area contributed by atoms with Crippen LogP contribution in [0.3, 0.4) is 0 Å². The Morgan fingerprint density at radius 3 is 1.37 bits per heavy atom. The van der Waals surface area contributed by atoms with Crippen LogP contribution in [0.4, 0.5) is 0 Å². The summed E-state index contributed by atoms with van der Waals surface area (Å²) in [4.78, 5) is 34.0. The van der Waals surface area contributed by atoms with Gasteiger partial charge in [0.15, 0.2) is 17.5 Å². The van der Waals surface area contributed by atoms with Crippen LogP contribution < -0.4 is 0 Å². The molecule has 0 spiro atoms. The van der Waals surface area contributed by atoms with Crippen molar-refractivity contribution in [3.63, 3.8) is 0 Å². The Balaban J connectivity index is 1.15. The Labute approximate surface area is 356 Å². The summed E-state index contributed by atoms with van der Waals surface area (Å²) >= 11 is 0. The van der Waals surface area contributed by atoms with E-state index in [1.807, 2.05) is 36.9 Å². The highest BCUT2D eigenvalue weighted by molar-refractivity contribution is 6.15. The number of aromatic nitrogens is 7. The van der Waals surface area contributed by atoms with Crippen LogP contribution in [0.15, 0.2) is 201 Å². The number of nitrogens with zero attached hydrogens (tertiary/aromatic N) is 7. The van der Waals surface area contributed by atoms with Crippen LogP contribution >= 0.6 is 0 Å². The summed E-state index contributed by atoms with van der Waals surface area (Å²) in [7, 11) is 0. The van der Waals surface area contributed by atoms with Crippen molar-refractivity contribution in [3.05, 3.63) is 201 Å². The van der Waals surface area contributed by atoms with E-state index in [4.69, 9.17) is 24.9 Å². The molecule has 288 valence electrons. The molecule has 8 aromatic carbocycles. The normalized spacial score (nSPS) is 11.5. The van der Waals surface area contributed by atoms with Gasteiger partial charge in [-0.3, -0.25) is 9.97 Å². The average molecular weight is 792 g/mol. The van der Waals surface area contributed by atoms with Gasteiger partial charge in [0.1, 0.15) is 6.33 Å². The van der Waals surface area contributed by atoms with Gasteiger partial charge in [-0.15, -0.1) is 0 Å². The molecule has 0 bridgehead atoms. The quantitative estimate of drug-likeness (QED) is 0.155. The van der Waals surface area contributed by atoms with Crippen LogP contribution in [0, 0.1) is 0 Å². The van der Waals surface area contributed by atoms with E-state index in [0.717, 1.165) is 104 Å². The average Bonchev–Trinajstić information content (AvgIpc) is 3.34. The minimum atomic E-state index is 0.562. The topological polar surface area (TPSA) is 90.2 Å². The van der Waals surface area contributed by atoms with E-state index in [9.17, 15) is 0 Å². The van der Waals surface area contributed by atoms with Gasteiger partial charge in [0, 0.05) is 57.8 Å². The molecule has 0 saturated heterocycles. The number of fused-ring (bicyclic) bond motifs is 5. The van der Waals surface area contributed by atoms with E-state index in [0.29, 0.717) is 17.5 Å². The van der Waals surface area contributed by atoms with Crippen molar-refractivity contribution in [2.45, 2.75) is 0 Å². The van der Waals surface area contributed by atoms with Gasteiger partial charge in [0.25, 0.3) is 0 Å². The lowest BCUT2D eigenvalue weighted by Crippen LogP contribution is -2.01. The van der Waals surface area contributed by atoms with Crippen molar-refractivity contribution >= 4 is 54.1 Å². The molecule has 0 aliphatic rings.